The van der Waals surface area contributed by atoms with E-state index in [1.807, 2.05) is 29.2 Å². The first-order valence-electron chi connectivity index (χ1n) is 7.23. The van der Waals surface area contributed by atoms with Crippen LogP contribution in [0.25, 0.3) is 0 Å². The Morgan fingerprint density at radius 3 is 2.75 bits per heavy atom. The summed E-state index contributed by atoms with van der Waals surface area (Å²) in [4.78, 5) is 14.3. The van der Waals surface area contributed by atoms with Crippen molar-refractivity contribution in [3.8, 4) is 11.8 Å². The molecule has 0 spiro atoms. The Morgan fingerprint density at radius 1 is 1.40 bits per heavy atom. The van der Waals surface area contributed by atoms with Gasteiger partial charge in [-0.2, -0.15) is 0 Å². The summed E-state index contributed by atoms with van der Waals surface area (Å²) in [6.07, 6.45) is 2.74. The van der Waals surface area contributed by atoms with E-state index >= 15 is 0 Å². The van der Waals surface area contributed by atoms with E-state index in [0.29, 0.717) is 12.3 Å². The lowest BCUT2D eigenvalue weighted by Gasteiger charge is -2.16. The van der Waals surface area contributed by atoms with Gasteiger partial charge in [0, 0.05) is 30.6 Å². The third-order valence-electron chi connectivity index (χ3n) is 3.75. The molecule has 0 aromatic heterocycles. The molecule has 2 rings (SSSR count). The van der Waals surface area contributed by atoms with Gasteiger partial charge < -0.3 is 10.0 Å². The van der Waals surface area contributed by atoms with Gasteiger partial charge in [-0.05, 0) is 36.6 Å². The Kier molecular flexibility index (Phi) is 5.20. The molecule has 0 bridgehead atoms. The van der Waals surface area contributed by atoms with Crippen molar-refractivity contribution in [3.63, 3.8) is 0 Å². The van der Waals surface area contributed by atoms with Gasteiger partial charge in [0.2, 0.25) is 0 Å². The van der Waals surface area contributed by atoms with Crippen molar-refractivity contribution in [3.05, 3.63) is 35.4 Å². The highest BCUT2D eigenvalue weighted by Gasteiger charge is 2.25. The highest BCUT2D eigenvalue weighted by atomic mass is 16.2. The smallest absolute Gasteiger partial charge is 0.253 e. The molecule has 1 N–H and O–H groups in total. The number of carbonyl (C=O) groups is 1. The number of benzene rings is 1. The maximum atomic E-state index is 12.3. The number of carbonyl (C=O) groups excluding carboxylic acids is 1. The van der Waals surface area contributed by atoms with Crippen molar-refractivity contribution in [1.82, 2.24) is 4.90 Å². The minimum Gasteiger partial charge on any atom is -0.395 e. The number of nitrogens with zero attached hydrogens (tertiary/aromatic N) is 1. The molecule has 106 valence electrons. The molecule has 1 fully saturated rings. The van der Waals surface area contributed by atoms with Crippen molar-refractivity contribution in [2.75, 3.05) is 19.7 Å². The Hall–Kier alpha value is -1.79. The van der Waals surface area contributed by atoms with Gasteiger partial charge in [0.05, 0.1) is 6.61 Å². The van der Waals surface area contributed by atoms with E-state index < -0.39 is 0 Å². The molecule has 1 aromatic carbocycles. The molecule has 1 atom stereocenters. The summed E-state index contributed by atoms with van der Waals surface area (Å²) in [6.45, 7) is 4.01. The number of aliphatic hydroxyl groups excluding tert-OH is 1. The van der Waals surface area contributed by atoms with Crippen LogP contribution in [0.2, 0.25) is 0 Å². The topological polar surface area (TPSA) is 40.5 Å². The van der Waals surface area contributed by atoms with Crippen LogP contribution in [0.4, 0.5) is 0 Å². The molecule has 1 saturated heterocycles. The zero-order valence-electron chi connectivity index (χ0n) is 11.9. The maximum Gasteiger partial charge on any atom is 0.253 e. The van der Waals surface area contributed by atoms with Crippen LogP contribution >= 0.6 is 0 Å². The highest BCUT2D eigenvalue weighted by molar-refractivity contribution is 5.94. The number of aliphatic hydroxyl groups is 1. The van der Waals surface area contributed by atoms with E-state index in [9.17, 15) is 4.79 Å². The Labute approximate surface area is 120 Å². The van der Waals surface area contributed by atoms with Crippen molar-refractivity contribution >= 4 is 5.91 Å². The molecular weight excluding hydrogens is 250 g/mol. The molecule has 1 unspecified atom stereocenters. The van der Waals surface area contributed by atoms with Crippen molar-refractivity contribution in [2.45, 2.75) is 26.2 Å². The van der Waals surface area contributed by atoms with Crippen LogP contribution in [0.1, 0.15) is 42.1 Å². The second-order valence-electron chi connectivity index (χ2n) is 5.17. The first-order valence-corrected chi connectivity index (χ1v) is 7.23. The maximum absolute atomic E-state index is 12.3. The zero-order chi connectivity index (χ0) is 14.4. The van der Waals surface area contributed by atoms with Crippen LogP contribution in [0, 0.1) is 17.8 Å². The Balaban J connectivity index is 2.00. The predicted octanol–water partition coefficient (Wildman–Crippen LogP) is 2.29. The fourth-order valence-electron chi connectivity index (χ4n) is 2.45. The molecular formula is C17H21NO2. The lowest BCUT2D eigenvalue weighted by atomic mass is 10.1. The molecule has 1 heterocycles. The van der Waals surface area contributed by atoms with E-state index in [2.05, 4.69) is 18.8 Å². The zero-order valence-corrected chi connectivity index (χ0v) is 11.9. The van der Waals surface area contributed by atoms with Crippen molar-refractivity contribution in [1.29, 1.82) is 0 Å². The lowest BCUT2D eigenvalue weighted by Crippen LogP contribution is -2.28. The SMILES string of the molecule is CCC1CCN(C(=O)c2ccc(C#CCCO)cc2)C1. The quantitative estimate of drug-likeness (QED) is 0.857. The minimum absolute atomic E-state index is 0.0805. The van der Waals surface area contributed by atoms with Gasteiger partial charge in [-0.1, -0.05) is 25.2 Å². The molecule has 0 radical (unpaired) electrons. The standard InChI is InChI=1S/C17H21NO2/c1-2-14-10-11-18(13-14)17(20)16-8-6-15(7-9-16)5-3-4-12-19/h6-9,14,19H,2,4,10-13H2,1H3. The van der Waals surface area contributed by atoms with Gasteiger partial charge >= 0.3 is 0 Å². The monoisotopic (exact) mass is 271 g/mol. The first-order chi connectivity index (χ1) is 9.74. The van der Waals surface area contributed by atoms with Crippen LogP contribution in [0.5, 0.6) is 0 Å². The number of hydrogen-bond donors (Lipinski definition) is 1. The minimum atomic E-state index is 0.0805. The first kappa shape index (κ1) is 14.6. The molecule has 3 nitrogen and oxygen atoms in total. The average Bonchev–Trinajstić information content (AvgIpc) is 2.96. The summed E-state index contributed by atoms with van der Waals surface area (Å²) < 4.78 is 0. The normalized spacial score (nSPS) is 17.7. The second-order valence-corrected chi connectivity index (χ2v) is 5.17. The van der Waals surface area contributed by atoms with Gasteiger partial charge in [0.15, 0.2) is 0 Å². The van der Waals surface area contributed by atoms with Gasteiger partial charge in [0.25, 0.3) is 5.91 Å². The summed E-state index contributed by atoms with van der Waals surface area (Å²) in [6, 6.07) is 7.41. The molecule has 0 saturated carbocycles. The molecule has 3 heteroatoms. The Bertz CT molecular complexity index is 510. The van der Waals surface area contributed by atoms with Crippen LogP contribution in [0.15, 0.2) is 24.3 Å². The second kappa shape index (κ2) is 7.12. The van der Waals surface area contributed by atoms with Crippen LogP contribution in [0.3, 0.4) is 0 Å². The fourth-order valence-corrected chi connectivity index (χ4v) is 2.45. The molecule has 20 heavy (non-hydrogen) atoms. The van der Waals surface area contributed by atoms with E-state index in [1.165, 1.54) is 0 Å². The molecule has 1 amide bonds. The van der Waals surface area contributed by atoms with Gasteiger partial charge in [0.1, 0.15) is 0 Å². The number of likely N-dealkylation sites (tertiary alicyclic amines) is 1. The average molecular weight is 271 g/mol. The largest absolute Gasteiger partial charge is 0.395 e. The van der Waals surface area contributed by atoms with Gasteiger partial charge in [-0.15, -0.1) is 0 Å². The lowest BCUT2D eigenvalue weighted by molar-refractivity contribution is 0.0787. The molecule has 1 aliphatic heterocycles. The molecule has 0 aliphatic carbocycles. The van der Waals surface area contributed by atoms with Gasteiger partial charge in [-0.3, -0.25) is 4.79 Å². The van der Waals surface area contributed by atoms with E-state index in [1.54, 1.807) is 0 Å². The molecule has 1 aliphatic rings. The summed E-state index contributed by atoms with van der Waals surface area (Å²) in [5.74, 6) is 6.61. The van der Waals surface area contributed by atoms with Gasteiger partial charge in [-0.25, -0.2) is 0 Å². The number of rotatable bonds is 3. The van der Waals surface area contributed by atoms with Crippen LogP contribution < -0.4 is 0 Å². The number of hydrogen-bond acceptors (Lipinski definition) is 2. The van der Waals surface area contributed by atoms with Crippen LogP contribution in [-0.2, 0) is 0 Å². The van der Waals surface area contributed by atoms with E-state index in [-0.39, 0.29) is 12.5 Å². The van der Waals surface area contributed by atoms with Crippen molar-refractivity contribution in [2.24, 2.45) is 5.92 Å². The Morgan fingerprint density at radius 2 is 2.15 bits per heavy atom. The summed E-state index contributed by atoms with van der Waals surface area (Å²) in [5, 5.41) is 8.67. The van der Waals surface area contributed by atoms with Crippen molar-refractivity contribution < 1.29 is 9.90 Å². The predicted molar refractivity (Wildman–Crippen MR) is 79.3 cm³/mol. The third-order valence-corrected chi connectivity index (χ3v) is 3.75. The summed E-state index contributed by atoms with van der Waals surface area (Å²) in [5.41, 5.74) is 1.61. The molecule has 1 aromatic rings. The fraction of sp³-hybridized carbons (Fsp3) is 0.471. The third kappa shape index (κ3) is 3.61. The summed E-state index contributed by atoms with van der Waals surface area (Å²) in [7, 11) is 0. The number of amides is 1. The van der Waals surface area contributed by atoms with E-state index in [4.69, 9.17) is 5.11 Å². The highest BCUT2D eigenvalue weighted by Crippen LogP contribution is 2.21. The summed E-state index contributed by atoms with van der Waals surface area (Å²) >= 11 is 0. The van der Waals surface area contributed by atoms with Crippen LogP contribution in [-0.4, -0.2) is 35.6 Å². The van der Waals surface area contributed by atoms with E-state index in [0.717, 1.165) is 37.1 Å².